The Bertz CT molecular complexity index is 390. The highest BCUT2D eigenvalue weighted by molar-refractivity contribution is 6.67. The summed E-state index contributed by atoms with van der Waals surface area (Å²) in [5.74, 6) is -0.796. The van der Waals surface area contributed by atoms with Gasteiger partial charge in [-0.05, 0) is 58.5 Å². The Morgan fingerprint density at radius 1 is 0.690 bits per heavy atom. The van der Waals surface area contributed by atoms with E-state index in [4.69, 9.17) is 18.3 Å². The summed E-state index contributed by atoms with van der Waals surface area (Å²) >= 11 is 0. The van der Waals surface area contributed by atoms with Crippen LogP contribution in [0.5, 0.6) is 0 Å². The number of ether oxygens (including phenoxy) is 2. The highest BCUT2D eigenvalue weighted by Crippen LogP contribution is 2.43. The van der Waals surface area contributed by atoms with Gasteiger partial charge in [0.25, 0.3) is 0 Å². The topological polar surface area (TPSA) is 36.9 Å². The van der Waals surface area contributed by atoms with Gasteiger partial charge in [0, 0.05) is 19.3 Å². The van der Waals surface area contributed by atoms with Gasteiger partial charge >= 0.3 is 8.56 Å². The van der Waals surface area contributed by atoms with Gasteiger partial charge in [-0.3, -0.25) is 0 Å². The maximum Gasteiger partial charge on any atom is 0.340 e. The fourth-order valence-corrected chi connectivity index (χ4v) is 8.50. The lowest BCUT2D eigenvalue weighted by atomic mass is 9.84. The van der Waals surface area contributed by atoms with Crippen LogP contribution in [0.2, 0.25) is 12.1 Å². The van der Waals surface area contributed by atoms with Crippen LogP contribution in [0.25, 0.3) is 0 Å². The van der Waals surface area contributed by atoms with Crippen LogP contribution < -0.4 is 0 Å². The number of hydrogen-bond donors (Lipinski definition) is 0. The normalized spacial score (nSPS) is 15.1. The van der Waals surface area contributed by atoms with Crippen LogP contribution in [-0.2, 0) is 18.3 Å². The number of hydrogen-bond acceptors (Lipinski definition) is 4. The van der Waals surface area contributed by atoms with Crippen molar-refractivity contribution in [1.82, 2.24) is 0 Å². The Balaban J connectivity index is 6.30. The summed E-state index contributed by atoms with van der Waals surface area (Å²) in [4.78, 5) is 0. The molecule has 0 saturated carbocycles. The first kappa shape index (κ1) is 29.1. The van der Waals surface area contributed by atoms with Crippen molar-refractivity contribution in [3.63, 3.8) is 0 Å². The van der Waals surface area contributed by atoms with E-state index in [-0.39, 0.29) is 6.10 Å². The number of rotatable bonds is 19. The van der Waals surface area contributed by atoms with Gasteiger partial charge in [0.15, 0.2) is 5.79 Å². The van der Waals surface area contributed by atoms with E-state index < -0.39 is 19.9 Å². The van der Waals surface area contributed by atoms with E-state index in [1.807, 2.05) is 0 Å². The molecular formula is C24H52O4Si. The monoisotopic (exact) mass is 432 g/mol. The molecule has 1 unspecified atom stereocenters. The summed E-state index contributed by atoms with van der Waals surface area (Å²) in [7, 11) is -2.46. The highest BCUT2D eigenvalue weighted by Gasteiger charge is 2.55. The van der Waals surface area contributed by atoms with E-state index in [9.17, 15) is 0 Å². The van der Waals surface area contributed by atoms with Gasteiger partial charge in [-0.15, -0.1) is 0 Å². The van der Waals surface area contributed by atoms with Crippen molar-refractivity contribution in [1.29, 1.82) is 0 Å². The Labute approximate surface area is 183 Å². The molecule has 0 bridgehead atoms. The third-order valence-corrected chi connectivity index (χ3v) is 9.58. The quantitative estimate of drug-likeness (QED) is 0.155. The molecule has 0 aromatic heterocycles. The SMILES string of the molecule is CCCOC(CCC)(CCC)C(C)(OCCC)O[Si](CCC)(CCC)OC(C)C. The van der Waals surface area contributed by atoms with Crippen LogP contribution in [0.15, 0.2) is 0 Å². The van der Waals surface area contributed by atoms with Gasteiger partial charge in [-0.2, -0.15) is 0 Å². The summed E-state index contributed by atoms with van der Waals surface area (Å²) in [6, 6.07) is 1.98. The molecule has 0 radical (unpaired) electrons. The second-order valence-electron chi connectivity index (χ2n) is 8.82. The second-order valence-corrected chi connectivity index (χ2v) is 12.1. The van der Waals surface area contributed by atoms with Crippen LogP contribution in [-0.4, -0.2) is 39.3 Å². The third-order valence-electron chi connectivity index (χ3n) is 5.39. The van der Waals surface area contributed by atoms with Gasteiger partial charge in [0.1, 0.15) is 5.60 Å². The molecule has 5 heteroatoms. The lowest BCUT2D eigenvalue weighted by Crippen LogP contribution is -2.63. The molecule has 0 aliphatic rings. The molecule has 0 heterocycles. The largest absolute Gasteiger partial charge is 0.392 e. The fourth-order valence-electron chi connectivity index (χ4n) is 4.43. The minimum atomic E-state index is -2.46. The molecule has 0 fully saturated rings. The zero-order valence-electron chi connectivity index (χ0n) is 21.2. The van der Waals surface area contributed by atoms with Gasteiger partial charge in [-0.25, -0.2) is 0 Å². The standard InChI is InChI=1S/C24H52O4Si/c1-10-16-24(17-11-2,26-19-13-4)23(9,25-18-12-3)28-29(20-14-5,21-15-6)27-22(7)8/h22H,10-21H2,1-9H3. The molecule has 0 aromatic rings. The van der Waals surface area contributed by atoms with E-state index in [0.717, 1.165) is 70.1 Å². The summed E-state index contributed by atoms with van der Waals surface area (Å²) < 4.78 is 27.0. The lowest BCUT2D eigenvalue weighted by Gasteiger charge is -2.51. The molecule has 0 aliphatic carbocycles. The zero-order valence-corrected chi connectivity index (χ0v) is 22.2. The van der Waals surface area contributed by atoms with Crippen molar-refractivity contribution in [2.75, 3.05) is 13.2 Å². The first-order valence-electron chi connectivity index (χ1n) is 12.4. The van der Waals surface area contributed by atoms with E-state index in [1.54, 1.807) is 0 Å². The maximum absolute atomic E-state index is 7.16. The van der Waals surface area contributed by atoms with Crippen LogP contribution in [0.1, 0.15) is 114 Å². The van der Waals surface area contributed by atoms with Gasteiger partial charge in [0.2, 0.25) is 0 Å². The minimum Gasteiger partial charge on any atom is -0.392 e. The van der Waals surface area contributed by atoms with Crippen molar-refractivity contribution in [3.8, 4) is 0 Å². The minimum absolute atomic E-state index is 0.151. The van der Waals surface area contributed by atoms with Gasteiger partial charge in [0.05, 0.1) is 0 Å². The Morgan fingerprint density at radius 2 is 1.17 bits per heavy atom. The molecule has 0 amide bonds. The summed E-state index contributed by atoms with van der Waals surface area (Å²) in [6.07, 6.45) is 8.19. The molecule has 0 saturated heterocycles. The van der Waals surface area contributed by atoms with Crippen molar-refractivity contribution in [3.05, 3.63) is 0 Å². The summed E-state index contributed by atoms with van der Waals surface area (Å²) in [6.45, 7) is 21.0. The highest BCUT2D eigenvalue weighted by atomic mass is 28.4. The van der Waals surface area contributed by atoms with Crippen LogP contribution in [0.3, 0.4) is 0 Å². The molecule has 0 aromatic carbocycles. The average molecular weight is 433 g/mol. The summed E-state index contributed by atoms with van der Waals surface area (Å²) in [5.41, 5.74) is -0.443. The molecular weight excluding hydrogens is 380 g/mol. The Hall–Kier alpha value is 0.0569. The summed E-state index contributed by atoms with van der Waals surface area (Å²) in [5, 5.41) is 0. The Kier molecular flexibility index (Phi) is 15.0. The zero-order chi connectivity index (χ0) is 22.4. The third kappa shape index (κ3) is 8.98. The van der Waals surface area contributed by atoms with Crippen LogP contribution in [0.4, 0.5) is 0 Å². The van der Waals surface area contributed by atoms with Crippen LogP contribution in [0, 0.1) is 0 Å². The van der Waals surface area contributed by atoms with Gasteiger partial charge in [-0.1, -0.05) is 67.2 Å². The predicted molar refractivity (Wildman–Crippen MR) is 127 cm³/mol. The van der Waals surface area contributed by atoms with Gasteiger partial charge < -0.3 is 18.3 Å². The first-order chi connectivity index (χ1) is 13.7. The Morgan fingerprint density at radius 3 is 1.55 bits per heavy atom. The van der Waals surface area contributed by atoms with E-state index in [2.05, 4.69) is 62.3 Å². The van der Waals surface area contributed by atoms with E-state index in [0.29, 0.717) is 6.61 Å². The average Bonchev–Trinajstić information content (AvgIpc) is 2.64. The molecule has 4 nitrogen and oxygen atoms in total. The van der Waals surface area contributed by atoms with E-state index >= 15 is 0 Å². The molecule has 0 N–H and O–H groups in total. The van der Waals surface area contributed by atoms with Crippen LogP contribution >= 0.6 is 0 Å². The molecule has 176 valence electrons. The molecule has 0 aliphatic heterocycles. The molecule has 1 atom stereocenters. The fraction of sp³-hybridized carbons (Fsp3) is 1.00. The van der Waals surface area contributed by atoms with E-state index in [1.165, 1.54) is 0 Å². The maximum atomic E-state index is 7.16. The molecule has 29 heavy (non-hydrogen) atoms. The van der Waals surface area contributed by atoms with Crippen molar-refractivity contribution < 1.29 is 18.3 Å². The molecule has 0 spiro atoms. The second kappa shape index (κ2) is 15.0. The molecule has 0 rings (SSSR count). The van der Waals surface area contributed by atoms with Crippen molar-refractivity contribution >= 4 is 8.56 Å². The van der Waals surface area contributed by atoms with Crippen molar-refractivity contribution in [2.45, 2.75) is 143 Å². The first-order valence-corrected chi connectivity index (χ1v) is 14.6. The smallest absolute Gasteiger partial charge is 0.340 e. The predicted octanol–water partition coefficient (Wildman–Crippen LogP) is 7.60. The van der Waals surface area contributed by atoms with Crippen molar-refractivity contribution in [2.24, 2.45) is 0 Å². The lowest BCUT2D eigenvalue weighted by molar-refractivity contribution is -0.303.